The van der Waals surface area contributed by atoms with E-state index in [1.54, 1.807) is 7.11 Å². The van der Waals surface area contributed by atoms with Crippen molar-refractivity contribution in [1.29, 1.82) is 0 Å². The summed E-state index contributed by atoms with van der Waals surface area (Å²) in [6.07, 6.45) is 0. The van der Waals surface area contributed by atoms with E-state index in [-0.39, 0.29) is 0 Å². The monoisotopic (exact) mass is 318 g/mol. The Labute approximate surface area is 143 Å². The van der Waals surface area contributed by atoms with Gasteiger partial charge in [-0.3, -0.25) is 0 Å². The van der Waals surface area contributed by atoms with Crippen LogP contribution in [0.3, 0.4) is 0 Å². The van der Waals surface area contributed by atoms with Crippen molar-refractivity contribution in [3.05, 3.63) is 102 Å². The lowest BCUT2D eigenvalue weighted by Crippen LogP contribution is -2.32. The summed E-state index contributed by atoms with van der Waals surface area (Å²) in [7, 11) is 1.68. The molecule has 24 heavy (non-hydrogen) atoms. The second kappa shape index (κ2) is 7.33. The highest BCUT2D eigenvalue weighted by Crippen LogP contribution is 2.40. The van der Waals surface area contributed by atoms with Crippen LogP contribution < -0.4 is 4.74 Å². The first-order chi connectivity index (χ1) is 11.8. The SMILES string of the molecule is CCOC(c1ccccc1)(c1ccccc1)c1ccc(OC)cc1. The first-order valence-electron chi connectivity index (χ1n) is 8.21. The molecule has 0 bridgehead atoms. The van der Waals surface area contributed by atoms with Crippen molar-refractivity contribution in [1.82, 2.24) is 0 Å². The fraction of sp³-hybridized carbons (Fsp3) is 0.182. The largest absolute Gasteiger partial charge is 0.497 e. The van der Waals surface area contributed by atoms with Gasteiger partial charge in [-0.1, -0.05) is 72.8 Å². The molecular weight excluding hydrogens is 296 g/mol. The fourth-order valence-corrected chi connectivity index (χ4v) is 3.14. The highest BCUT2D eigenvalue weighted by molar-refractivity contribution is 5.48. The van der Waals surface area contributed by atoms with Crippen LogP contribution in [0.1, 0.15) is 23.6 Å². The van der Waals surface area contributed by atoms with Gasteiger partial charge in [0, 0.05) is 6.61 Å². The van der Waals surface area contributed by atoms with Crippen LogP contribution in [0.4, 0.5) is 0 Å². The van der Waals surface area contributed by atoms with E-state index >= 15 is 0 Å². The van der Waals surface area contributed by atoms with Gasteiger partial charge in [-0.2, -0.15) is 0 Å². The minimum Gasteiger partial charge on any atom is -0.497 e. The first-order valence-corrected chi connectivity index (χ1v) is 8.21. The molecule has 2 nitrogen and oxygen atoms in total. The van der Waals surface area contributed by atoms with E-state index in [1.165, 1.54) is 0 Å². The summed E-state index contributed by atoms with van der Waals surface area (Å²) in [6, 6.07) is 28.8. The maximum absolute atomic E-state index is 6.42. The lowest BCUT2D eigenvalue weighted by Gasteiger charge is -2.35. The molecule has 0 fully saturated rings. The Morgan fingerprint density at radius 2 is 1.12 bits per heavy atom. The van der Waals surface area contributed by atoms with Crippen molar-refractivity contribution >= 4 is 0 Å². The lowest BCUT2D eigenvalue weighted by atomic mass is 9.80. The molecule has 0 atom stereocenters. The van der Waals surface area contributed by atoms with Gasteiger partial charge in [-0.15, -0.1) is 0 Å². The van der Waals surface area contributed by atoms with Crippen LogP contribution in [0.25, 0.3) is 0 Å². The molecule has 3 aromatic rings. The van der Waals surface area contributed by atoms with Gasteiger partial charge in [0.15, 0.2) is 0 Å². The fourth-order valence-electron chi connectivity index (χ4n) is 3.14. The molecule has 122 valence electrons. The maximum atomic E-state index is 6.42. The molecule has 0 N–H and O–H groups in total. The molecule has 0 amide bonds. The van der Waals surface area contributed by atoms with E-state index in [1.807, 2.05) is 31.2 Å². The molecule has 0 spiro atoms. The molecule has 0 saturated heterocycles. The minimum atomic E-state index is -0.635. The quantitative estimate of drug-likeness (QED) is 0.594. The highest BCUT2D eigenvalue weighted by atomic mass is 16.5. The van der Waals surface area contributed by atoms with E-state index in [4.69, 9.17) is 9.47 Å². The lowest BCUT2D eigenvalue weighted by molar-refractivity contribution is 0.0215. The van der Waals surface area contributed by atoms with Gasteiger partial charge in [0.1, 0.15) is 11.4 Å². The van der Waals surface area contributed by atoms with Crippen molar-refractivity contribution in [2.45, 2.75) is 12.5 Å². The van der Waals surface area contributed by atoms with Gasteiger partial charge in [0.2, 0.25) is 0 Å². The molecule has 0 heterocycles. The zero-order chi connectivity index (χ0) is 16.8. The molecule has 0 radical (unpaired) electrons. The Kier molecular flexibility index (Phi) is 4.97. The van der Waals surface area contributed by atoms with Crippen molar-refractivity contribution in [3.63, 3.8) is 0 Å². The van der Waals surface area contributed by atoms with Gasteiger partial charge < -0.3 is 9.47 Å². The summed E-state index contributed by atoms with van der Waals surface area (Å²) in [5.41, 5.74) is 2.68. The van der Waals surface area contributed by atoms with Crippen molar-refractivity contribution in [3.8, 4) is 5.75 Å². The van der Waals surface area contributed by atoms with E-state index < -0.39 is 5.60 Å². The van der Waals surface area contributed by atoms with Crippen LogP contribution >= 0.6 is 0 Å². The zero-order valence-corrected chi connectivity index (χ0v) is 14.1. The predicted octanol–water partition coefficient (Wildman–Crippen LogP) is 5.02. The van der Waals surface area contributed by atoms with Crippen LogP contribution in [-0.4, -0.2) is 13.7 Å². The van der Waals surface area contributed by atoms with E-state index in [2.05, 4.69) is 60.7 Å². The Morgan fingerprint density at radius 3 is 1.54 bits per heavy atom. The van der Waals surface area contributed by atoms with Gasteiger partial charge in [-0.25, -0.2) is 0 Å². The van der Waals surface area contributed by atoms with Gasteiger partial charge in [-0.05, 0) is 35.7 Å². The topological polar surface area (TPSA) is 18.5 Å². The standard InChI is InChI=1S/C22H22O2/c1-3-24-22(18-10-6-4-7-11-18,19-12-8-5-9-13-19)20-14-16-21(23-2)17-15-20/h4-17H,3H2,1-2H3. The number of benzene rings is 3. The van der Waals surface area contributed by atoms with Crippen LogP contribution in [-0.2, 0) is 10.3 Å². The highest BCUT2D eigenvalue weighted by Gasteiger charge is 2.37. The Balaban J connectivity index is 2.25. The minimum absolute atomic E-state index is 0.607. The number of ether oxygens (including phenoxy) is 2. The molecular formula is C22H22O2. The zero-order valence-electron chi connectivity index (χ0n) is 14.1. The van der Waals surface area contributed by atoms with Gasteiger partial charge in [0.05, 0.1) is 7.11 Å². The molecule has 0 aliphatic carbocycles. The average molecular weight is 318 g/mol. The predicted molar refractivity (Wildman–Crippen MR) is 97.4 cm³/mol. The molecule has 0 unspecified atom stereocenters. The molecule has 3 aromatic carbocycles. The third-order valence-corrected chi connectivity index (χ3v) is 4.22. The number of methoxy groups -OCH3 is 1. The molecule has 0 aromatic heterocycles. The third-order valence-electron chi connectivity index (χ3n) is 4.22. The molecule has 0 aliphatic heterocycles. The molecule has 0 aliphatic rings. The summed E-state index contributed by atoms with van der Waals surface area (Å²) in [6.45, 7) is 2.64. The van der Waals surface area contributed by atoms with E-state index in [9.17, 15) is 0 Å². The van der Waals surface area contributed by atoms with E-state index in [0.717, 1.165) is 22.4 Å². The summed E-state index contributed by atoms with van der Waals surface area (Å²) in [5.74, 6) is 0.838. The van der Waals surface area contributed by atoms with Crippen LogP contribution in [0.15, 0.2) is 84.9 Å². The summed E-state index contributed by atoms with van der Waals surface area (Å²) < 4.78 is 11.7. The van der Waals surface area contributed by atoms with Crippen LogP contribution in [0, 0.1) is 0 Å². The molecule has 0 saturated carbocycles. The first kappa shape index (κ1) is 16.3. The van der Waals surface area contributed by atoms with Gasteiger partial charge >= 0.3 is 0 Å². The summed E-state index contributed by atoms with van der Waals surface area (Å²) >= 11 is 0. The van der Waals surface area contributed by atoms with Crippen molar-refractivity contribution < 1.29 is 9.47 Å². The van der Waals surface area contributed by atoms with Gasteiger partial charge in [0.25, 0.3) is 0 Å². The van der Waals surface area contributed by atoms with Crippen molar-refractivity contribution in [2.75, 3.05) is 13.7 Å². The van der Waals surface area contributed by atoms with Crippen LogP contribution in [0.5, 0.6) is 5.75 Å². The Hall–Kier alpha value is -2.58. The second-order valence-corrected chi connectivity index (χ2v) is 5.57. The second-order valence-electron chi connectivity index (χ2n) is 5.57. The number of hydrogen-bond donors (Lipinski definition) is 0. The van der Waals surface area contributed by atoms with Crippen molar-refractivity contribution in [2.24, 2.45) is 0 Å². The average Bonchev–Trinajstić information content (AvgIpc) is 2.68. The maximum Gasteiger partial charge on any atom is 0.143 e. The molecule has 3 rings (SSSR count). The third kappa shape index (κ3) is 2.93. The Morgan fingerprint density at radius 1 is 0.667 bits per heavy atom. The normalized spacial score (nSPS) is 11.2. The Bertz CT molecular complexity index is 709. The summed E-state index contributed by atoms with van der Waals surface area (Å²) in [4.78, 5) is 0. The van der Waals surface area contributed by atoms with E-state index in [0.29, 0.717) is 6.61 Å². The van der Waals surface area contributed by atoms with Crippen LogP contribution in [0.2, 0.25) is 0 Å². The number of rotatable bonds is 6. The smallest absolute Gasteiger partial charge is 0.143 e. The number of hydrogen-bond acceptors (Lipinski definition) is 2. The molecule has 2 heteroatoms. The summed E-state index contributed by atoms with van der Waals surface area (Å²) in [5, 5.41) is 0.